The van der Waals surface area contributed by atoms with E-state index >= 15 is 0 Å². The zero-order chi connectivity index (χ0) is 24.8. The van der Waals surface area contributed by atoms with Crippen LogP contribution < -0.4 is 10.5 Å². The molecule has 1 fully saturated rings. The quantitative estimate of drug-likeness (QED) is 0.264. The SMILES string of the molecule is Cc1c(C=Nn2c(-c3cc4cc(Cl)ccc4o3)nc3ccccc3c2=O)ccc(N2CCCC2)c1C. The van der Waals surface area contributed by atoms with E-state index in [0.29, 0.717) is 33.1 Å². The second-order valence-electron chi connectivity index (χ2n) is 9.22. The van der Waals surface area contributed by atoms with Gasteiger partial charge in [-0.25, -0.2) is 4.98 Å². The van der Waals surface area contributed by atoms with Crippen LogP contribution in [0, 0.1) is 13.8 Å². The highest BCUT2D eigenvalue weighted by atomic mass is 35.5. The molecule has 0 N–H and O–H groups in total. The smallest absolute Gasteiger partial charge is 0.282 e. The molecule has 0 amide bonds. The van der Waals surface area contributed by atoms with Crippen LogP contribution in [0.1, 0.15) is 29.5 Å². The van der Waals surface area contributed by atoms with Gasteiger partial charge >= 0.3 is 0 Å². The van der Waals surface area contributed by atoms with Crippen molar-refractivity contribution in [3.05, 3.63) is 92.7 Å². The Hall–Kier alpha value is -3.90. The van der Waals surface area contributed by atoms with Crippen molar-refractivity contribution in [2.45, 2.75) is 26.7 Å². The number of para-hydroxylation sites is 1. The number of halogens is 1. The van der Waals surface area contributed by atoms with E-state index in [0.717, 1.165) is 29.6 Å². The molecular weight excluding hydrogens is 472 g/mol. The van der Waals surface area contributed by atoms with Crippen molar-refractivity contribution in [3.63, 3.8) is 0 Å². The van der Waals surface area contributed by atoms with Gasteiger partial charge in [-0.15, -0.1) is 0 Å². The number of aromatic nitrogens is 2. The number of furan rings is 1. The fourth-order valence-corrected chi connectivity index (χ4v) is 5.08. The van der Waals surface area contributed by atoms with Crippen molar-refractivity contribution in [2.24, 2.45) is 5.10 Å². The van der Waals surface area contributed by atoms with Crippen LogP contribution in [0.15, 0.2) is 75.0 Å². The molecule has 3 heterocycles. The molecule has 0 bridgehead atoms. The maximum atomic E-state index is 13.5. The Morgan fingerprint density at radius 1 is 1.00 bits per heavy atom. The molecule has 5 aromatic rings. The van der Waals surface area contributed by atoms with E-state index in [4.69, 9.17) is 21.0 Å². The van der Waals surface area contributed by atoms with Gasteiger partial charge in [0.2, 0.25) is 5.82 Å². The van der Waals surface area contributed by atoms with E-state index in [1.807, 2.05) is 36.4 Å². The lowest BCUT2D eigenvalue weighted by atomic mass is 10.0. The first kappa shape index (κ1) is 22.6. The molecule has 7 heteroatoms. The molecule has 6 rings (SSSR count). The van der Waals surface area contributed by atoms with Crippen LogP contribution in [0.25, 0.3) is 33.5 Å². The van der Waals surface area contributed by atoms with Gasteiger partial charge in [0, 0.05) is 29.2 Å². The molecule has 6 nitrogen and oxygen atoms in total. The average molecular weight is 497 g/mol. The van der Waals surface area contributed by atoms with Gasteiger partial charge < -0.3 is 9.32 Å². The maximum Gasteiger partial charge on any atom is 0.282 e. The molecule has 36 heavy (non-hydrogen) atoms. The van der Waals surface area contributed by atoms with Gasteiger partial charge in [0.05, 0.1) is 17.1 Å². The predicted octanol–water partition coefficient (Wildman–Crippen LogP) is 6.56. The summed E-state index contributed by atoms with van der Waals surface area (Å²) in [6.45, 7) is 6.44. The van der Waals surface area contributed by atoms with E-state index in [1.165, 1.54) is 28.8 Å². The minimum Gasteiger partial charge on any atom is -0.453 e. The van der Waals surface area contributed by atoms with Gasteiger partial charge in [0.25, 0.3) is 5.56 Å². The summed E-state index contributed by atoms with van der Waals surface area (Å²) < 4.78 is 7.39. The highest BCUT2D eigenvalue weighted by molar-refractivity contribution is 6.31. The molecule has 0 aliphatic carbocycles. The molecule has 0 unspecified atom stereocenters. The summed E-state index contributed by atoms with van der Waals surface area (Å²) in [6, 6.07) is 18.7. The summed E-state index contributed by atoms with van der Waals surface area (Å²) in [5.41, 5.74) is 5.60. The summed E-state index contributed by atoms with van der Waals surface area (Å²) >= 11 is 6.17. The Labute approximate surface area is 213 Å². The zero-order valence-corrected chi connectivity index (χ0v) is 20.9. The monoisotopic (exact) mass is 496 g/mol. The lowest BCUT2D eigenvalue weighted by Gasteiger charge is -2.22. The van der Waals surface area contributed by atoms with Crippen molar-refractivity contribution in [2.75, 3.05) is 18.0 Å². The zero-order valence-electron chi connectivity index (χ0n) is 20.2. The van der Waals surface area contributed by atoms with Crippen molar-refractivity contribution in [1.82, 2.24) is 9.66 Å². The first-order chi connectivity index (χ1) is 17.5. The van der Waals surface area contributed by atoms with Gasteiger partial charge in [-0.2, -0.15) is 9.78 Å². The first-order valence-corrected chi connectivity index (χ1v) is 12.5. The third-order valence-corrected chi connectivity index (χ3v) is 7.25. The number of hydrogen-bond acceptors (Lipinski definition) is 5. The number of anilines is 1. The van der Waals surface area contributed by atoms with Crippen molar-refractivity contribution in [1.29, 1.82) is 0 Å². The molecule has 1 saturated heterocycles. The summed E-state index contributed by atoms with van der Waals surface area (Å²) in [6.07, 6.45) is 4.20. The Bertz CT molecular complexity index is 1710. The fraction of sp³-hybridized carbons (Fsp3) is 0.207. The average Bonchev–Trinajstić information content (AvgIpc) is 3.56. The van der Waals surface area contributed by atoms with Gasteiger partial charge in [-0.1, -0.05) is 29.8 Å². The molecule has 180 valence electrons. The maximum absolute atomic E-state index is 13.5. The van der Waals surface area contributed by atoms with Gasteiger partial charge in [-0.05, 0) is 85.8 Å². The van der Waals surface area contributed by atoms with E-state index < -0.39 is 0 Å². The Morgan fingerprint density at radius 3 is 2.64 bits per heavy atom. The minimum atomic E-state index is -0.256. The Kier molecular flexibility index (Phi) is 5.61. The summed E-state index contributed by atoms with van der Waals surface area (Å²) in [4.78, 5) is 20.7. The molecule has 2 aromatic heterocycles. The van der Waals surface area contributed by atoms with Crippen LogP contribution in [-0.2, 0) is 0 Å². The third-order valence-electron chi connectivity index (χ3n) is 7.01. The molecule has 1 aliphatic heterocycles. The lowest BCUT2D eigenvalue weighted by molar-refractivity contribution is 0.616. The molecule has 0 radical (unpaired) electrons. The highest BCUT2D eigenvalue weighted by Crippen LogP contribution is 2.30. The van der Waals surface area contributed by atoms with Crippen LogP contribution in [0.3, 0.4) is 0 Å². The molecule has 1 aliphatic rings. The Morgan fingerprint density at radius 2 is 1.81 bits per heavy atom. The van der Waals surface area contributed by atoms with Gasteiger partial charge in [0.1, 0.15) is 5.58 Å². The summed E-state index contributed by atoms with van der Waals surface area (Å²) in [5, 5.41) is 6.58. The second kappa shape index (κ2) is 8.95. The standard InChI is InChI=1S/C29H25ClN4O2/c1-18-19(2)25(33-13-5-6-14-33)11-9-20(18)17-31-34-28(32-24-8-4-3-7-23(24)29(34)35)27-16-21-15-22(30)10-12-26(21)36-27/h3-4,7-12,15-17H,5-6,13-14H2,1-2H3. The van der Waals surface area contributed by atoms with Gasteiger partial charge in [0.15, 0.2) is 5.76 Å². The molecular formula is C29H25ClN4O2. The van der Waals surface area contributed by atoms with Crippen LogP contribution in [0.4, 0.5) is 5.69 Å². The van der Waals surface area contributed by atoms with E-state index in [9.17, 15) is 4.79 Å². The molecule has 0 atom stereocenters. The number of benzene rings is 3. The number of nitrogens with zero attached hydrogens (tertiary/aromatic N) is 4. The van der Waals surface area contributed by atoms with E-state index in [1.54, 1.807) is 18.3 Å². The predicted molar refractivity (Wildman–Crippen MR) is 147 cm³/mol. The molecule has 0 spiro atoms. The van der Waals surface area contributed by atoms with Crippen LogP contribution >= 0.6 is 11.6 Å². The highest BCUT2D eigenvalue weighted by Gasteiger charge is 2.18. The number of hydrogen-bond donors (Lipinski definition) is 0. The largest absolute Gasteiger partial charge is 0.453 e. The van der Waals surface area contributed by atoms with Crippen LogP contribution in [0.5, 0.6) is 0 Å². The fourth-order valence-electron chi connectivity index (χ4n) is 4.90. The van der Waals surface area contributed by atoms with Crippen LogP contribution in [0.2, 0.25) is 5.02 Å². The van der Waals surface area contributed by atoms with Crippen molar-refractivity contribution < 1.29 is 4.42 Å². The second-order valence-corrected chi connectivity index (χ2v) is 9.66. The number of fused-ring (bicyclic) bond motifs is 2. The lowest BCUT2D eigenvalue weighted by Crippen LogP contribution is -2.20. The third kappa shape index (κ3) is 3.88. The number of rotatable bonds is 4. The van der Waals surface area contributed by atoms with E-state index in [2.05, 4.69) is 36.0 Å². The molecule has 3 aromatic carbocycles. The van der Waals surface area contributed by atoms with Crippen molar-refractivity contribution >= 4 is 45.4 Å². The summed E-state index contributed by atoms with van der Waals surface area (Å²) in [7, 11) is 0. The van der Waals surface area contributed by atoms with Gasteiger partial charge in [-0.3, -0.25) is 4.79 Å². The van der Waals surface area contributed by atoms with Crippen LogP contribution in [-0.4, -0.2) is 29.0 Å². The summed E-state index contributed by atoms with van der Waals surface area (Å²) in [5.74, 6) is 0.787. The van der Waals surface area contributed by atoms with Crippen molar-refractivity contribution in [3.8, 4) is 11.6 Å². The minimum absolute atomic E-state index is 0.256. The van der Waals surface area contributed by atoms with E-state index in [-0.39, 0.29) is 5.56 Å². The first-order valence-electron chi connectivity index (χ1n) is 12.1. The topological polar surface area (TPSA) is 63.6 Å². The molecule has 0 saturated carbocycles. The normalized spacial score (nSPS) is 14.0. The Balaban J connectivity index is 1.49.